The molecule has 0 saturated carbocycles. The summed E-state index contributed by atoms with van der Waals surface area (Å²) in [6.45, 7) is 12.3. The van der Waals surface area contributed by atoms with Gasteiger partial charge >= 0.3 is 6.03 Å². The lowest BCUT2D eigenvalue weighted by atomic mass is 10.2. The molecule has 2 aliphatic heterocycles. The first-order chi connectivity index (χ1) is 11.0. The van der Waals surface area contributed by atoms with Crippen molar-refractivity contribution in [3.63, 3.8) is 0 Å². The summed E-state index contributed by atoms with van der Waals surface area (Å²) in [5.74, 6) is 0.236. The topological polar surface area (TPSA) is 55.9 Å². The summed E-state index contributed by atoms with van der Waals surface area (Å²) < 4.78 is 0. The van der Waals surface area contributed by atoms with E-state index in [1.54, 1.807) is 0 Å². The number of likely N-dealkylation sites (tertiary alicyclic amines) is 1. The Hall–Kier alpha value is -1.56. The van der Waals surface area contributed by atoms with E-state index in [4.69, 9.17) is 0 Å². The monoisotopic (exact) mass is 322 g/mol. The van der Waals surface area contributed by atoms with Crippen LogP contribution < -0.4 is 5.32 Å². The molecule has 130 valence electrons. The van der Waals surface area contributed by atoms with E-state index in [1.807, 2.05) is 29.7 Å². The second kappa shape index (κ2) is 8.34. The Kier molecular flexibility index (Phi) is 6.45. The highest BCUT2D eigenvalue weighted by atomic mass is 16.2. The van der Waals surface area contributed by atoms with Crippen molar-refractivity contribution in [2.45, 2.75) is 45.2 Å². The maximum absolute atomic E-state index is 12.5. The summed E-state index contributed by atoms with van der Waals surface area (Å²) in [7, 11) is 0. The molecule has 0 unspecified atom stereocenters. The van der Waals surface area contributed by atoms with Gasteiger partial charge in [-0.3, -0.25) is 9.69 Å². The maximum atomic E-state index is 12.5. The number of hydrogen-bond acceptors (Lipinski definition) is 3. The number of nitrogens with one attached hydrogen (secondary N) is 1. The fraction of sp³-hybridized carbons (Fsp3) is 0.765. The van der Waals surface area contributed by atoms with Crippen molar-refractivity contribution in [2.24, 2.45) is 0 Å². The summed E-state index contributed by atoms with van der Waals surface area (Å²) in [6.07, 6.45) is 4.83. The number of nitrogens with zero attached hydrogens (tertiary/aromatic N) is 3. The second-order valence-electron chi connectivity index (χ2n) is 6.61. The zero-order valence-corrected chi connectivity index (χ0v) is 14.5. The average Bonchev–Trinajstić information content (AvgIpc) is 3.08. The van der Waals surface area contributed by atoms with Crippen molar-refractivity contribution in [3.05, 3.63) is 12.7 Å². The summed E-state index contributed by atoms with van der Waals surface area (Å²) in [5.41, 5.74) is 0. The van der Waals surface area contributed by atoms with E-state index in [0.717, 1.165) is 45.4 Å². The highest BCUT2D eigenvalue weighted by molar-refractivity contribution is 5.81. The first-order valence-electron chi connectivity index (χ1n) is 8.72. The third-order valence-electron chi connectivity index (χ3n) is 4.81. The molecule has 0 aromatic rings. The molecule has 23 heavy (non-hydrogen) atoms. The van der Waals surface area contributed by atoms with E-state index in [0.29, 0.717) is 13.1 Å². The van der Waals surface area contributed by atoms with E-state index in [2.05, 4.69) is 16.8 Å². The lowest BCUT2D eigenvalue weighted by Gasteiger charge is -2.38. The third-order valence-corrected chi connectivity index (χ3v) is 4.81. The van der Waals surface area contributed by atoms with E-state index in [9.17, 15) is 9.59 Å². The molecule has 0 bridgehead atoms. The summed E-state index contributed by atoms with van der Waals surface area (Å²) >= 11 is 0. The number of amides is 3. The van der Waals surface area contributed by atoms with Crippen molar-refractivity contribution in [1.82, 2.24) is 20.0 Å². The van der Waals surface area contributed by atoms with Crippen molar-refractivity contribution in [2.75, 3.05) is 39.3 Å². The standard InChI is InChI=1S/C17H30N4O2/c1-4-7-14(2)18-17(23)21-12-10-19(11-13-21)15(3)16(22)20-8-5-6-9-20/h4,14-15H,1,5-13H2,2-3H3,(H,18,23)/t14-,15-/m1/s1. The van der Waals surface area contributed by atoms with Gasteiger partial charge in [-0.05, 0) is 33.1 Å². The second-order valence-corrected chi connectivity index (χ2v) is 6.61. The van der Waals surface area contributed by atoms with Crippen LogP contribution in [0.4, 0.5) is 4.79 Å². The first-order valence-corrected chi connectivity index (χ1v) is 8.72. The molecule has 1 N–H and O–H groups in total. The minimum Gasteiger partial charge on any atom is -0.341 e. The molecule has 6 heteroatoms. The van der Waals surface area contributed by atoms with Gasteiger partial charge in [0, 0.05) is 45.3 Å². The lowest BCUT2D eigenvalue weighted by Crippen LogP contribution is -2.57. The molecule has 0 aliphatic carbocycles. The Morgan fingerprint density at radius 2 is 1.65 bits per heavy atom. The average molecular weight is 322 g/mol. The van der Waals surface area contributed by atoms with E-state index >= 15 is 0 Å². The Morgan fingerprint density at radius 3 is 2.22 bits per heavy atom. The normalized spacial score (nSPS) is 21.8. The van der Waals surface area contributed by atoms with Crippen LogP contribution in [0.25, 0.3) is 0 Å². The minimum atomic E-state index is -0.0852. The fourth-order valence-electron chi connectivity index (χ4n) is 3.28. The Labute approximate surface area is 139 Å². The highest BCUT2D eigenvalue weighted by Crippen LogP contribution is 2.14. The van der Waals surface area contributed by atoms with Crippen LogP contribution in [-0.4, -0.2) is 78.0 Å². The smallest absolute Gasteiger partial charge is 0.317 e. The molecule has 0 aromatic heterocycles. The molecule has 2 atom stereocenters. The zero-order chi connectivity index (χ0) is 16.8. The number of carbonyl (C=O) groups excluding carboxylic acids is 2. The van der Waals surface area contributed by atoms with Gasteiger partial charge in [0.25, 0.3) is 0 Å². The molecule has 0 aromatic carbocycles. The lowest BCUT2D eigenvalue weighted by molar-refractivity contribution is -0.135. The van der Waals surface area contributed by atoms with Gasteiger partial charge in [-0.2, -0.15) is 0 Å². The van der Waals surface area contributed by atoms with E-state index < -0.39 is 0 Å². The molecule has 0 spiro atoms. The highest BCUT2D eigenvalue weighted by Gasteiger charge is 2.31. The molecule has 2 rings (SSSR count). The Morgan fingerprint density at radius 1 is 1.04 bits per heavy atom. The third kappa shape index (κ3) is 4.70. The summed E-state index contributed by atoms with van der Waals surface area (Å²) in [4.78, 5) is 30.7. The fourth-order valence-corrected chi connectivity index (χ4v) is 3.28. The van der Waals surface area contributed by atoms with Crippen LogP contribution in [-0.2, 0) is 4.79 Å². The molecular weight excluding hydrogens is 292 g/mol. The van der Waals surface area contributed by atoms with Crippen LogP contribution in [0, 0.1) is 0 Å². The van der Waals surface area contributed by atoms with E-state index in [-0.39, 0.29) is 24.0 Å². The molecule has 2 saturated heterocycles. The van der Waals surface area contributed by atoms with Crippen LogP contribution in [0.5, 0.6) is 0 Å². The van der Waals surface area contributed by atoms with Crippen LogP contribution in [0.3, 0.4) is 0 Å². The summed E-state index contributed by atoms with van der Waals surface area (Å²) in [6, 6.07) is 0.00391. The Bertz CT molecular complexity index is 426. The van der Waals surface area contributed by atoms with Crippen molar-refractivity contribution in [3.8, 4) is 0 Å². The van der Waals surface area contributed by atoms with Crippen LogP contribution in [0.2, 0.25) is 0 Å². The molecular formula is C17H30N4O2. The van der Waals surface area contributed by atoms with Crippen molar-refractivity contribution in [1.29, 1.82) is 0 Å². The van der Waals surface area contributed by atoms with Gasteiger partial charge in [0.05, 0.1) is 6.04 Å². The quantitative estimate of drug-likeness (QED) is 0.776. The largest absolute Gasteiger partial charge is 0.341 e. The predicted octanol–water partition coefficient (Wildman–Crippen LogP) is 1.29. The molecule has 2 fully saturated rings. The van der Waals surface area contributed by atoms with Crippen molar-refractivity contribution < 1.29 is 9.59 Å². The maximum Gasteiger partial charge on any atom is 0.317 e. The number of carbonyl (C=O) groups is 2. The van der Waals surface area contributed by atoms with Crippen LogP contribution in [0.15, 0.2) is 12.7 Å². The molecule has 3 amide bonds. The molecule has 0 radical (unpaired) electrons. The molecule has 2 aliphatic rings. The zero-order valence-electron chi connectivity index (χ0n) is 14.5. The Balaban J connectivity index is 1.77. The van der Waals surface area contributed by atoms with Gasteiger partial charge in [-0.25, -0.2) is 4.79 Å². The van der Waals surface area contributed by atoms with Gasteiger partial charge in [0.15, 0.2) is 0 Å². The SMILES string of the molecule is C=CC[C@@H](C)NC(=O)N1CCN([C@H](C)C(=O)N2CCCC2)CC1. The number of urea groups is 1. The molecule has 6 nitrogen and oxygen atoms in total. The predicted molar refractivity (Wildman–Crippen MR) is 91.2 cm³/mol. The first kappa shape index (κ1) is 17.8. The van der Waals surface area contributed by atoms with Crippen LogP contribution >= 0.6 is 0 Å². The summed E-state index contributed by atoms with van der Waals surface area (Å²) in [5, 5.41) is 2.98. The number of hydrogen-bond donors (Lipinski definition) is 1. The van der Waals surface area contributed by atoms with Gasteiger partial charge in [0.1, 0.15) is 0 Å². The van der Waals surface area contributed by atoms with Crippen molar-refractivity contribution >= 4 is 11.9 Å². The molecule has 2 heterocycles. The van der Waals surface area contributed by atoms with Gasteiger partial charge in [0.2, 0.25) is 5.91 Å². The van der Waals surface area contributed by atoms with E-state index in [1.165, 1.54) is 0 Å². The van der Waals surface area contributed by atoms with Gasteiger partial charge < -0.3 is 15.1 Å². The van der Waals surface area contributed by atoms with Crippen LogP contribution in [0.1, 0.15) is 33.1 Å². The van der Waals surface area contributed by atoms with Gasteiger partial charge in [-0.15, -0.1) is 6.58 Å². The number of rotatable bonds is 5. The number of piperazine rings is 1. The van der Waals surface area contributed by atoms with Gasteiger partial charge in [-0.1, -0.05) is 6.08 Å². The minimum absolute atomic E-state index is 0.0162.